The molecule has 2 rings (SSSR count). The highest BCUT2D eigenvalue weighted by atomic mass is 16.5. The number of hydrogen-bond acceptors (Lipinski definition) is 6. The van der Waals surface area contributed by atoms with Crippen molar-refractivity contribution in [3.05, 3.63) is 49.5 Å². The van der Waals surface area contributed by atoms with Gasteiger partial charge in [-0.25, -0.2) is 4.79 Å². The molecule has 0 aliphatic carbocycles. The number of aryl methyl sites for hydroxylation is 1. The van der Waals surface area contributed by atoms with E-state index in [1.165, 1.54) is 10.8 Å². The van der Waals surface area contributed by atoms with E-state index in [9.17, 15) is 19.8 Å². The number of aromatic amines is 1. The summed E-state index contributed by atoms with van der Waals surface area (Å²) in [5.74, 6) is -0.140. The second-order valence-corrected chi connectivity index (χ2v) is 5.19. The molecule has 0 spiro atoms. The van der Waals surface area contributed by atoms with Crippen molar-refractivity contribution in [1.29, 1.82) is 5.39 Å². The molecule has 1 aliphatic heterocycles. The van der Waals surface area contributed by atoms with Crippen molar-refractivity contribution < 1.29 is 14.9 Å². The third-order valence-corrected chi connectivity index (χ3v) is 3.55. The fraction of sp³-hybridized carbons (Fsp3) is 0.538. The van der Waals surface area contributed by atoms with Gasteiger partial charge in [0.05, 0.1) is 12.2 Å². The van der Waals surface area contributed by atoms with Gasteiger partial charge in [0.15, 0.2) is 10.7 Å². The van der Waals surface area contributed by atoms with Crippen LogP contribution >= 0.6 is 0 Å². The summed E-state index contributed by atoms with van der Waals surface area (Å²) < 4.78 is 6.86. The van der Waals surface area contributed by atoms with Gasteiger partial charge in [-0.05, 0) is 13.3 Å². The molecule has 0 radical (unpaired) electrons. The first kappa shape index (κ1) is 15.9. The monoisotopic (exact) mass is 309 g/mol. The van der Waals surface area contributed by atoms with Gasteiger partial charge >= 0.3 is 11.9 Å². The summed E-state index contributed by atoms with van der Waals surface area (Å²) in [5.41, 5.74) is -0.694. The summed E-state index contributed by atoms with van der Waals surface area (Å²) in [7, 11) is 0. The molecule has 1 fully saturated rings. The molecule has 0 bridgehead atoms. The SMILES string of the molecule is Cc1cn(C2CC(O)C(CCC(O)=C[N+]#N)O2)c(=O)[nH]c1=O. The van der Waals surface area contributed by atoms with E-state index in [0.717, 1.165) is 6.20 Å². The van der Waals surface area contributed by atoms with Crippen LogP contribution in [0.5, 0.6) is 0 Å². The van der Waals surface area contributed by atoms with Gasteiger partial charge in [-0.15, -0.1) is 0 Å². The van der Waals surface area contributed by atoms with Crippen LogP contribution in [-0.4, -0.2) is 32.0 Å². The average Bonchev–Trinajstić information content (AvgIpc) is 2.82. The molecule has 22 heavy (non-hydrogen) atoms. The fourth-order valence-corrected chi connectivity index (χ4v) is 2.37. The lowest BCUT2D eigenvalue weighted by Gasteiger charge is -2.15. The van der Waals surface area contributed by atoms with Crippen molar-refractivity contribution in [3.63, 3.8) is 0 Å². The van der Waals surface area contributed by atoms with Crippen molar-refractivity contribution in [2.75, 3.05) is 0 Å². The van der Waals surface area contributed by atoms with Gasteiger partial charge in [-0.2, -0.15) is 0 Å². The molecule has 9 heteroatoms. The Morgan fingerprint density at radius 2 is 2.36 bits per heavy atom. The van der Waals surface area contributed by atoms with Gasteiger partial charge in [-0.3, -0.25) is 14.3 Å². The van der Waals surface area contributed by atoms with Crippen LogP contribution in [0.1, 0.15) is 31.1 Å². The molecule has 3 atom stereocenters. The Balaban J connectivity index is 2.10. The summed E-state index contributed by atoms with van der Waals surface area (Å²) in [6.45, 7) is 1.57. The highest BCUT2D eigenvalue weighted by molar-refractivity contribution is 5.02. The topological polar surface area (TPSA) is 133 Å². The quantitative estimate of drug-likeness (QED) is 0.549. The number of aromatic nitrogens is 2. The lowest BCUT2D eigenvalue weighted by atomic mass is 10.1. The van der Waals surface area contributed by atoms with E-state index in [1.54, 1.807) is 6.92 Å². The third kappa shape index (κ3) is 3.41. The second-order valence-electron chi connectivity index (χ2n) is 5.19. The van der Waals surface area contributed by atoms with E-state index in [2.05, 4.69) is 9.96 Å². The fourth-order valence-electron chi connectivity index (χ4n) is 2.37. The zero-order valence-corrected chi connectivity index (χ0v) is 12.0. The molecule has 0 aromatic carbocycles. The van der Waals surface area contributed by atoms with Crippen molar-refractivity contribution in [3.8, 4) is 0 Å². The molecule has 0 saturated carbocycles. The van der Waals surface area contributed by atoms with Crippen molar-refractivity contribution in [2.24, 2.45) is 0 Å². The predicted molar refractivity (Wildman–Crippen MR) is 75.6 cm³/mol. The van der Waals surface area contributed by atoms with Gasteiger partial charge in [0, 0.05) is 24.6 Å². The Morgan fingerprint density at radius 3 is 3.05 bits per heavy atom. The highest BCUT2D eigenvalue weighted by Crippen LogP contribution is 2.30. The van der Waals surface area contributed by atoms with Crippen LogP contribution in [0.4, 0.5) is 0 Å². The normalized spacial score (nSPS) is 25.1. The van der Waals surface area contributed by atoms with Gasteiger partial charge < -0.3 is 14.9 Å². The number of ether oxygens (including phenoxy) is 1. The van der Waals surface area contributed by atoms with E-state index >= 15 is 0 Å². The zero-order chi connectivity index (χ0) is 16.3. The molecule has 3 unspecified atom stereocenters. The van der Waals surface area contributed by atoms with Crippen LogP contribution in [-0.2, 0) is 4.74 Å². The molecule has 1 aromatic rings. The van der Waals surface area contributed by atoms with Crippen molar-refractivity contribution in [1.82, 2.24) is 9.55 Å². The molecule has 1 aromatic heterocycles. The van der Waals surface area contributed by atoms with Gasteiger partial charge in [0.25, 0.3) is 5.56 Å². The lowest BCUT2D eigenvalue weighted by molar-refractivity contribution is -0.0250. The number of aliphatic hydroxyl groups excluding tert-OH is 2. The Labute approximate surface area is 125 Å². The number of hydrogen-bond donors (Lipinski definition) is 3. The van der Waals surface area contributed by atoms with Gasteiger partial charge in [0.2, 0.25) is 5.39 Å². The van der Waals surface area contributed by atoms with Crippen molar-refractivity contribution >= 4 is 0 Å². The van der Waals surface area contributed by atoms with Crippen LogP contribution in [0.2, 0.25) is 0 Å². The molecular weight excluding hydrogens is 292 g/mol. The van der Waals surface area contributed by atoms with Crippen LogP contribution in [0.25, 0.3) is 4.98 Å². The van der Waals surface area contributed by atoms with Crippen LogP contribution in [0, 0.1) is 12.3 Å². The number of rotatable bonds is 4. The summed E-state index contributed by atoms with van der Waals surface area (Å²) in [6.07, 6.45) is 0.894. The predicted octanol–water partition coefficient (Wildman–Crippen LogP) is 0.526. The van der Waals surface area contributed by atoms with E-state index in [1.807, 2.05) is 0 Å². The third-order valence-electron chi connectivity index (χ3n) is 3.55. The summed E-state index contributed by atoms with van der Waals surface area (Å²) in [6, 6.07) is 0. The Kier molecular flexibility index (Phi) is 4.75. The minimum absolute atomic E-state index is 0.140. The number of aliphatic hydroxyl groups is 2. The zero-order valence-electron chi connectivity index (χ0n) is 12.0. The van der Waals surface area contributed by atoms with E-state index in [4.69, 9.17) is 10.1 Å². The van der Waals surface area contributed by atoms with Gasteiger partial charge in [0.1, 0.15) is 6.23 Å². The standard InChI is InChI=1S/C13H16N4O5/c1-7-6-17(13(21)16-12(7)20)11-4-9(19)10(22-11)3-2-8(18)5-15-14/h5-6,9-11,19H,2-4H2,1H3,(H-,16,18,20,21)/p+1. The van der Waals surface area contributed by atoms with Crippen molar-refractivity contribution in [2.45, 2.75) is 44.6 Å². The number of allylic oxidation sites excluding steroid dienone is 1. The maximum absolute atomic E-state index is 11.8. The summed E-state index contributed by atoms with van der Waals surface area (Å²) >= 11 is 0. The minimum atomic E-state index is -0.803. The summed E-state index contributed by atoms with van der Waals surface area (Å²) in [4.78, 5) is 28.0. The highest BCUT2D eigenvalue weighted by Gasteiger charge is 2.35. The average molecular weight is 309 g/mol. The summed E-state index contributed by atoms with van der Waals surface area (Å²) in [5, 5.41) is 27.6. The molecule has 118 valence electrons. The first-order valence-electron chi connectivity index (χ1n) is 6.80. The first-order chi connectivity index (χ1) is 10.4. The molecule has 2 heterocycles. The number of nitrogens with zero attached hydrogens (tertiary/aromatic N) is 3. The molecule has 0 amide bonds. The smallest absolute Gasteiger partial charge is 0.387 e. The van der Waals surface area contributed by atoms with Crippen LogP contribution < -0.4 is 11.2 Å². The van der Waals surface area contributed by atoms with Crippen LogP contribution in [0.3, 0.4) is 0 Å². The number of diazo groups is 1. The second kappa shape index (κ2) is 6.55. The Bertz CT molecular complexity index is 729. The van der Waals surface area contributed by atoms with Gasteiger partial charge in [-0.1, -0.05) is 0 Å². The molecule has 9 nitrogen and oxygen atoms in total. The van der Waals surface area contributed by atoms with E-state index in [-0.39, 0.29) is 18.6 Å². The minimum Gasteiger partial charge on any atom is -0.505 e. The molecule has 1 saturated heterocycles. The molecule has 1 aliphatic rings. The lowest BCUT2D eigenvalue weighted by Crippen LogP contribution is -2.33. The first-order valence-corrected chi connectivity index (χ1v) is 6.80. The van der Waals surface area contributed by atoms with E-state index < -0.39 is 29.7 Å². The Morgan fingerprint density at radius 1 is 1.64 bits per heavy atom. The maximum atomic E-state index is 11.8. The Hall–Kier alpha value is -2.44. The molecular formula is C13H17N4O5+. The number of nitrogens with one attached hydrogen (secondary N) is 1. The van der Waals surface area contributed by atoms with Crippen LogP contribution in [0.15, 0.2) is 27.7 Å². The maximum Gasteiger partial charge on any atom is 0.387 e. The number of H-pyrrole nitrogens is 1. The largest absolute Gasteiger partial charge is 0.505 e. The molecule has 3 N–H and O–H groups in total. The van der Waals surface area contributed by atoms with E-state index in [0.29, 0.717) is 12.0 Å².